The molecule has 162 valence electrons. The molecule has 29 heavy (non-hydrogen) atoms. The van der Waals surface area contributed by atoms with Gasteiger partial charge >= 0.3 is 6.09 Å². The van der Waals surface area contributed by atoms with Crippen molar-refractivity contribution < 1.29 is 22.7 Å². The maximum Gasteiger partial charge on any atom is 0.407 e. The Hall–Kier alpha value is -2.13. The van der Waals surface area contributed by atoms with Crippen molar-refractivity contribution in [2.45, 2.75) is 63.9 Å². The number of rotatable bonds is 6. The second kappa shape index (κ2) is 9.58. The number of nitrogens with zero attached hydrogens (tertiary/aromatic N) is 1. The van der Waals surface area contributed by atoms with Crippen LogP contribution in [0.1, 0.15) is 52.0 Å². The fourth-order valence-corrected chi connectivity index (χ4v) is 4.78. The van der Waals surface area contributed by atoms with Crippen LogP contribution in [0.4, 0.5) is 10.5 Å². The number of carbonyl (C=O) groups is 2. The average Bonchev–Trinajstić information content (AvgIpc) is 2.62. The number of hydrogen-bond acceptors (Lipinski definition) is 5. The molecule has 0 unspecified atom stereocenters. The van der Waals surface area contributed by atoms with Gasteiger partial charge in [0.2, 0.25) is 15.9 Å². The lowest BCUT2D eigenvalue weighted by Gasteiger charge is -2.26. The van der Waals surface area contributed by atoms with Crippen LogP contribution in [0.5, 0.6) is 0 Å². The zero-order valence-corrected chi connectivity index (χ0v) is 18.4. The maximum absolute atomic E-state index is 13.0. The Morgan fingerprint density at radius 1 is 1.14 bits per heavy atom. The first-order valence-corrected chi connectivity index (χ1v) is 11.3. The average molecular weight is 426 g/mol. The molecule has 0 radical (unpaired) electrons. The van der Waals surface area contributed by atoms with Crippen LogP contribution in [-0.4, -0.2) is 50.0 Å². The fourth-order valence-electron chi connectivity index (χ4n) is 3.02. The number of amides is 2. The highest BCUT2D eigenvalue weighted by atomic mass is 32.2. The Bertz CT molecular complexity index is 840. The molecule has 1 aliphatic rings. The molecule has 0 bridgehead atoms. The quantitative estimate of drug-likeness (QED) is 0.729. The Morgan fingerprint density at radius 2 is 1.79 bits per heavy atom. The smallest absolute Gasteiger partial charge is 0.407 e. The van der Waals surface area contributed by atoms with Gasteiger partial charge in [0.05, 0.1) is 4.90 Å². The fraction of sp³-hybridized carbons (Fsp3) is 0.600. The normalized spacial score (nSPS) is 15.6. The summed E-state index contributed by atoms with van der Waals surface area (Å²) in [5.41, 5.74) is 0.443. The third-order valence-electron chi connectivity index (χ3n) is 4.43. The first-order chi connectivity index (χ1) is 13.5. The monoisotopic (exact) mass is 425 g/mol. The number of piperidine rings is 1. The molecule has 2 rings (SSSR count). The molecule has 0 saturated carbocycles. The summed E-state index contributed by atoms with van der Waals surface area (Å²) in [6, 6.07) is 4.85. The number of hydrogen-bond donors (Lipinski definition) is 2. The molecule has 1 fully saturated rings. The maximum atomic E-state index is 13.0. The lowest BCUT2D eigenvalue weighted by atomic mass is 10.2. The largest absolute Gasteiger partial charge is 0.444 e. The number of nitrogens with one attached hydrogen (secondary N) is 2. The number of anilines is 1. The molecule has 8 nitrogen and oxygen atoms in total. The van der Waals surface area contributed by atoms with Crippen molar-refractivity contribution in [3.63, 3.8) is 0 Å². The Morgan fingerprint density at radius 3 is 2.41 bits per heavy atom. The topological polar surface area (TPSA) is 105 Å². The SMILES string of the molecule is Cc1ccc(NC(=O)CCNC(=O)OC(C)(C)C)cc1S(=O)(=O)N1CCCCC1. The first-order valence-electron chi connectivity index (χ1n) is 9.86. The molecule has 1 heterocycles. The molecule has 0 spiro atoms. The summed E-state index contributed by atoms with van der Waals surface area (Å²) in [5, 5.41) is 5.21. The van der Waals surface area contributed by atoms with Crippen LogP contribution in [0.25, 0.3) is 0 Å². The van der Waals surface area contributed by atoms with Gasteiger partial charge in [0.25, 0.3) is 0 Å². The van der Waals surface area contributed by atoms with Crippen LogP contribution in [0, 0.1) is 6.92 Å². The lowest BCUT2D eigenvalue weighted by Crippen LogP contribution is -2.36. The summed E-state index contributed by atoms with van der Waals surface area (Å²) in [7, 11) is -3.59. The van der Waals surface area contributed by atoms with E-state index in [1.54, 1.807) is 39.8 Å². The molecule has 1 aromatic carbocycles. The summed E-state index contributed by atoms with van der Waals surface area (Å²) < 4.78 is 32.5. The Kier molecular flexibility index (Phi) is 7.65. The second-order valence-corrected chi connectivity index (χ2v) is 10.1. The van der Waals surface area contributed by atoms with Crippen molar-refractivity contribution >= 4 is 27.7 Å². The highest BCUT2D eigenvalue weighted by Gasteiger charge is 2.27. The van der Waals surface area contributed by atoms with E-state index in [9.17, 15) is 18.0 Å². The van der Waals surface area contributed by atoms with E-state index in [1.807, 2.05) is 0 Å². The molecule has 1 aliphatic heterocycles. The minimum Gasteiger partial charge on any atom is -0.444 e. The van der Waals surface area contributed by atoms with Crippen molar-refractivity contribution in [1.82, 2.24) is 9.62 Å². The van der Waals surface area contributed by atoms with Crippen LogP contribution in [0.3, 0.4) is 0 Å². The van der Waals surface area contributed by atoms with Crippen LogP contribution in [-0.2, 0) is 19.6 Å². The van der Waals surface area contributed by atoms with Gasteiger partial charge in [-0.15, -0.1) is 0 Å². The van der Waals surface area contributed by atoms with Gasteiger partial charge in [-0.2, -0.15) is 4.31 Å². The first kappa shape index (κ1) is 23.2. The molecular formula is C20H31N3O5S. The zero-order chi connectivity index (χ0) is 21.7. The van der Waals surface area contributed by atoms with Crippen molar-refractivity contribution in [3.8, 4) is 0 Å². The van der Waals surface area contributed by atoms with E-state index >= 15 is 0 Å². The van der Waals surface area contributed by atoms with E-state index in [-0.39, 0.29) is 23.8 Å². The van der Waals surface area contributed by atoms with Crippen molar-refractivity contribution in [3.05, 3.63) is 23.8 Å². The van der Waals surface area contributed by atoms with Gasteiger partial charge in [0.15, 0.2) is 0 Å². The van der Waals surface area contributed by atoms with E-state index in [4.69, 9.17) is 4.74 Å². The third-order valence-corrected chi connectivity index (χ3v) is 6.47. The predicted molar refractivity (Wildman–Crippen MR) is 111 cm³/mol. The van der Waals surface area contributed by atoms with Gasteiger partial charge in [-0.25, -0.2) is 13.2 Å². The molecule has 0 aromatic heterocycles. The number of sulfonamides is 1. The number of ether oxygens (including phenoxy) is 1. The van der Waals surface area contributed by atoms with Gasteiger partial charge in [-0.05, 0) is 58.2 Å². The predicted octanol–water partition coefficient (Wildman–Crippen LogP) is 3.02. The second-order valence-electron chi connectivity index (χ2n) is 8.17. The number of carbonyl (C=O) groups excluding carboxylic acids is 2. The van der Waals surface area contributed by atoms with E-state index in [0.29, 0.717) is 24.3 Å². The van der Waals surface area contributed by atoms with Crippen molar-refractivity contribution in [2.75, 3.05) is 25.0 Å². The Labute approximate surface area is 173 Å². The van der Waals surface area contributed by atoms with E-state index < -0.39 is 21.7 Å². The van der Waals surface area contributed by atoms with Crippen LogP contribution < -0.4 is 10.6 Å². The molecule has 0 atom stereocenters. The summed E-state index contributed by atoms with van der Waals surface area (Å²) in [6.45, 7) is 8.17. The van der Waals surface area contributed by atoms with Gasteiger partial charge in [0.1, 0.15) is 5.60 Å². The summed E-state index contributed by atoms with van der Waals surface area (Å²) in [6.07, 6.45) is 2.22. The minimum atomic E-state index is -3.59. The highest BCUT2D eigenvalue weighted by molar-refractivity contribution is 7.89. The van der Waals surface area contributed by atoms with Crippen LogP contribution >= 0.6 is 0 Å². The number of benzene rings is 1. The summed E-state index contributed by atoms with van der Waals surface area (Å²) >= 11 is 0. The third kappa shape index (κ3) is 7.01. The number of aryl methyl sites for hydroxylation is 1. The molecule has 1 aromatic rings. The van der Waals surface area contributed by atoms with Crippen molar-refractivity contribution in [1.29, 1.82) is 0 Å². The van der Waals surface area contributed by atoms with Crippen molar-refractivity contribution in [2.24, 2.45) is 0 Å². The van der Waals surface area contributed by atoms with E-state index in [1.165, 1.54) is 10.4 Å². The minimum absolute atomic E-state index is 0.0430. The van der Waals surface area contributed by atoms with Crippen LogP contribution in [0.15, 0.2) is 23.1 Å². The molecular weight excluding hydrogens is 394 g/mol. The summed E-state index contributed by atoms with van der Waals surface area (Å²) in [5.74, 6) is -0.328. The van der Waals surface area contributed by atoms with Crippen LogP contribution in [0.2, 0.25) is 0 Å². The molecule has 2 amide bonds. The molecule has 2 N–H and O–H groups in total. The Balaban J connectivity index is 1.97. The van der Waals surface area contributed by atoms with Gasteiger partial charge < -0.3 is 15.4 Å². The van der Waals surface area contributed by atoms with E-state index in [2.05, 4.69) is 10.6 Å². The molecule has 0 aliphatic carbocycles. The van der Waals surface area contributed by atoms with Gasteiger partial charge in [-0.1, -0.05) is 12.5 Å². The lowest BCUT2D eigenvalue weighted by molar-refractivity contribution is -0.116. The number of alkyl carbamates (subject to hydrolysis) is 1. The summed E-state index contributed by atoms with van der Waals surface area (Å²) in [4.78, 5) is 24.0. The van der Waals surface area contributed by atoms with Gasteiger partial charge in [0, 0.05) is 31.7 Å². The molecule has 9 heteroatoms. The zero-order valence-electron chi connectivity index (χ0n) is 17.6. The molecule has 1 saturated heterocycles. The highest BCUT2D eigenvalue weighted by Crippen LogP contribution is 2.26. The standard InChI is InChI=1S/C20H31N3O5S/c1-15-8-9-16(14-17(15)29(26,27)23-12-6-5-7-13-23)22-18(24)10-11-21-19(25)28-20(2,3)4/h8-9,14H,5-7,10-13H2,1-4H3,(H,21,25)(H,22,24). The van der Waals surface area contributed by atoms with E-state index in [0.717, 1.165) is 19.3 Å². The van der Waals surface area contributed by atoms with Gasteiger partial charge in [-0.3, -0.25) is 4.79 Å².